The second-order valence-corrected chi connectivity index (χ2v) is 6.67. The highest BCUT2D eigenvalue weighted by molar-refractivity contribution is 5.92. The number of urea groups is 1. The van der Waals surface area contributed by atoms with Gasteiger partial charge in [0.15, 0.2) is 0 Å². The van der Waals surface area contributed by atoms with E-state index in [9.17, 15) is 14.0 Å². The summed E-state index contributed by atoms with van der Waals surface area (Å²) in [5, 5.41) is 2.84. The zero-order chi connectivity index (χ0) is 20.4. The Hall–Kier alpha value is -3.68. The average Bonchev–Trinajstić information content (AvgIpc) is 3.21. The van der Waals surface area contributed by atoms with E-state index in [1.807, 2.05) is 0 Å². The molecule has 1 aliphatic heterocycles. The Morgan fingerprint density at radius 3 is 2.76 bits per heavy atom. The molecule has 2 N–H and O–H groups in total. The minimum Gasteiger partial charge on any atom is -0.465 e. The van der Waals surface area contributed by atoms with Crippen LogP contribution in [0.1, 0.15) is 33.4 Å². The molecule has 148 valence electrons. The number of imidazole rings is 1. The maximum atomic E-state index is 13.8. The number of methoxy groups -OCH3 is 1. The maximum Gasteiger partial charge on any atom is 0.337 e. The summed E-state index contributed by atoms with van der Waals surface area (Å²) in [5.74, 6) is -0.819. The minimum absolute atomic E-state index is 0.335. The number of nitrogens with one attached hydrogen (secondary N) is 2. The lowest BCUT2D eigenvalue weighted by Gasteiger charge is -2.35. The number of H-pyrrole nitrogens is 1. The number of halogens is 1. The van der Waals surface area contributed by atoms with Crippen LogP contribution in [0.15, 0.2) is 54.9 Å². The van der Waals surface area contributed by atoms with Crippen LogP contribution >= 0.6 is 0 Å². The Morgan fingerprint density at radius 1 is 1.24 bits per heavy atom. The van der Waals surface area contributed by atoms with Gasteiger partial charge < -0.3 is 19.9 Å². The molecule has 1 atom stereocenters. The summed E-state index contributed by atoms with van der Waals surface area (Å²) in [4.78, 5) is 33.7. The zero-order valence-electron chi connectivity index (χ0n) is 15.7. The summed E-state index contributed by atoms with van der Waals surface area (Å²) in [6.45, 7) is 0.447. The number of carbonyl (C=O) groups is 2. The van der Waals surface area contributed by atoms with E-state index in [1.54, 1.807) is 47.6 Å². The molecule has 1 aromatic heterocycles. The number of carbonyl (C=O) groups excluding carboxylic acids is 2. The van der Waals surface area contributed by atoms with Gasteiger partial charge in [0.05, 0.1) is 24.7 Å². The Balaban J connectivity index is 1.60. The van der Waals surface area contributed by atoms with Crippen molar-refractivity contribution in [3.05, 3.63) is 83.2 Å². The van der Waals surface area contributed by atoms with E-state index < -0.39 is 12.0 Å². The second kappa shape index (κ2) is 7.75. The monoisotopic (exact) mass is 394 g/mol. The van der Waals surface area contributed by atoms with Crippen LogP contribution in [0.25, 0.3) is 0 Å². The minimum atomic E-state index is -0.505. The number of fused-ring (bicyclic) bond motifs is 1. The smallest absolute Gasteiger partial charge is 0.337 e. The fourth-order valence-electron chi connectivity index (χ4n) is 3.51. The lowest BCUT2D eigenvalue weighted by atomic mass is 9.96. The van der Waals surface area contributed by atoms with Gasteiger partial charge in [-0.25, -0.2) is 19.0 Å². The van der Waals surface area contributed by atoms with Gasteiger partial charge in [0.25, 0.3) is 0 Å². The van der Waals surface area contributed by atoms with Crippen LogP contribution in [0.5, 0.6) is 0 Å². The van der Waals surface area contributed by atoms with Crippen molar-refractivity contribution in [1.82, 2.24) is 14.9 Å². The highest BCUT2D eigenvalue weighted by Gasteiger charge is 2.34. The highest BCUT2D eigenvalue weighted by Crippen LogP contribution is 2.34. The highest BCUT2D eigenvalue weighted by atomic mass is 19.1. The van der Waals surface area contributed by atoms with Gasteiger partial charge in [0.1, 0.15) is 11.9 Å². The van der Waals surface area contributed by atoms with E-state index in [2.05, 4.69) is 20.0 Å². The standard InChI is InChI=1S/C21H19FN4O3/c1-29-20(27)13-5-7-16(8-6-13)25-21(28)26-10-9-17-18(24-12-23-17)19(26)14-3-2-4-15(22)11-14/h2-8,11-12,19H,9-10H2,1H3,(H,23,24)(H,25,28)/t19-/m1/s1. The first kappa shape index (κ1) is 18.7. The lowest BCUT2D eigenvalue weighted by molar-refractivity contribution is 0.0600. The van der Waals surface area contributed by atoms with Gasteiger partial charge in [-0.1, -0.05) is 12.1 Å². The van der Waals surface area contributed by atoms with E-state index >= 15 is 0 Å². The van der Waals surface area contributed by atoms with Crippen LogP contribution in [0.4, 0.5) is 14.9 Å². The molecule has 0 spiro atoms. The molecule has 7 nitrogen and oxygen atoms in total. The fraction of sp³-hybridized carbons (Fsp3) is 0.190. The molecule has 4 rings (SSSR count). The summed E-state index contributed by atoms with van der Waals surface area (Å²) in [6.07, 6.45) is 2.21. The summed E-state index contributed by atoms with van der Waals surface area (Å²) in [7, 11) is 1.31. The first-order valence-corrected chi connectivity index (χ1v) is 9.10. The first-order chi connectivity index (χ1) is 14.1. The predicted octanol–water partition coefficient (Wildman–Crippen LogP) is 3.52. The number of aromatic nitrogens is 2. The number of anilines is 1. The molecule has 0 saturated heterocycles. The van der Waals surface area contributed by atoms with Crippen molar-refractivity contribution in [3.63, 3.8) is 0 Å². The van der Waals surface area contributed by atoms with Crippen molar-refractivity contribution in [2.45, 2.75) is 12.5 Å². The van der Waals surface area contributed by atoms with Crippen molar-refractivity contribution in [3.8, 4) is 0 Å². The van der Waals surface area contributed by atoms with E-state index in [1.165, 1.54) is 19.2 Å². The van der Waals surface area contributed by atoms with Gasteiger partial charge in [-0.3, -0.25) is 0 Å². The molecule has 2 heterocycles. The molecular formula is C21H19FN4O3. The normalized spacial score (nSPS) is 15.5. The summed E-state index contributed by atoms with van der Waals surface area (Å²) in [6, 6.07) is 11.8. The average molecular weight is 394 g/mol. The summed E-state index contributed by atoms with van der Waals surface area (Å²) in [5.41, 5.74) is 3.22. The fourth-order valence-corrected chi connectivity index (χ4v) is 3.51. The summed E-state index contributed by atoms with van der Waals surface area (Å²) >= 11 is 0. The van der Waals surface area contributed by atoms with E-state index in [0.717, 1.165) is 5.69 Å². The van der Waals surface area contributed by atoms with E-state index in [0.29, 0.717) is 35.5 Å². The van der Waals surface area contributed by atoms with Gasteiger partial charge in [-0.2, -0.15) is 0 Å². The number of benzene rings is 2. The molecule has 0 aliphatic carbocycles. The number of nitrogens with zero attached hydrogens (tertiary/aromatic N) is 2. The Morgan fingerprint density at radius 2 is 2.03 bits per heavy atom. The number of ether oxygens (including phenoxy) is 1. The Bertz CT molecular complexity index is 1050. The predicted molar refractivity (Wildman–Crippen MR) is 104 cm³/mol. The van der Waals surface area contributed by atoms with Crippen LogP contribution < -0.4 is 5.32 Å². The van der Waals surface area contributed by atoms with Gasteiger partial charge >= 0.3 is 12.0 Å². The van der Waals surface area contributed by atoms with Gasteiger partial charge in [0, 0.05) is 24.3 Å². The molecule has 2 aromatic carbocycles. The molecule has 2 amide bonds. The van der Waals surface area contributed by atoms with Crippen molar-refractivity contribution in [1.29, 1.82) is 0 Å². The molecule has 0 unspecified atom stereocenters. The molecule has 0 saturated carbocycles. The van der Waals surface area contributed by atoms with Crippen LogP contribution in [0.3, 0.4) is 0 Å². The second-order valence-electron chi connectivity index (χ2n) is 6.67. The number of rotatable bonds is 3. The Labute approximate surface area is 166 Å². The van der Waals surface area contributed by atoms with Crippen LogP contribution in [0, 0.1) is 5.82 Å². The van der Waals surface area contributed by atoms with Crippen molar-refractivity contribution in [2.75, 3.05) is 19.0 Å². The zero-order valence-corrected chi connectivity index (χ0v) is 15.7. The molecule has 0 radical (unpaired) electrons. The molecule has 3 aromatic rings. The Kier molecular flexibility index (Phi) is 4.99. The number of hydrogen-bond acceptors (Lipinski definition) is 4. The van der Waals surface area contributed by atoms with Crippen molar-refractivity contribution in [2.24, 2.45) is 0 Å². The lowest BCUT2D eigenvalue weighted by Crippen LogP contribution is -2.43. The van der Waals surface area contributed by atoms with Crippen LogP contribution in [0.2, 0.25) is 0 Å². The molecule has 0 fully saturated rings. The van der Waals surface area contributed by atoms with E-state index in [-0.39, 0.29) is 11.8 Å². The van der Waals surface area contributed by atoms with Crippen LogP contribution in [-0.2, 0) is 11.2 Å². The van der Waals surface area contributed by atoms with E-state index in [4.69, 9.17) is 0 Å². The third-order valence-corrected chi connectivity index (χ3v) is 4.91. The molecule has 0 bridgehead atoms. The molecule has 29 heavy (non-hydrogen) atoms. The quantitative estimate of drug-likeness (QED) is 0.666. The van der Waals surface area contributed by atoms with Crippen LogP contribution in [-0.4, -0.2) is 40.5 Å². The SMILES string of the molecule is COC(=O)c1ccc(NC(=O)N2CCc3[nH]cnc3[C@H]2c2cccc(F)c2)cc1. The first-order valence-electron chi connectivity index (χ1n) is 9.10. The van der Waals surface area contributed by atoms with Gasteiger partial charge in [-0.05, 0) is 42.0 Å². The summed E-state index contributed by atoms with van der Waals surface area (Å²) < 4.78 is 18.5. The number of hydrogen-bond donors (Lipinski definition) is 2. The topological polar surface area (TPSA) is 87.3 Å². The largest absolute Gasteiger partial charge is 0.465 e. The van der Waals surface area contributed by atoms with Crippen molar-refractivity contribution >= 4 is 17.7 Å². The number of amides is 2. The van der Waals surface area contributed by atoms with Crippen molar-refractivity contribution < 1.29 is 18.7 Å². The third kappa shape index (κ3) is 3.69. The van der Waals surface area contributed by atoms with Gasteiger partial charge in [-0.15, -0.1) is 0 Å². The van der Waals surface area contributed by atoms with Gasteiger partial charge in [0.2, 0.25) is 0 Å². The third-order valence-electron chi connectivity index (χ3n) is 4.91. The number of aromatic amines is 1. The molecule has 8 heteroatoms. The molecule has 1 aliphatic rings. The maximum absolute atomic E-state index is 13.8. The molecular weight excluding hydrogens is 375 g/mol. The number of esters is 1.